The van der Waals surface area contributed by atoms with E-state index in [2.05, 4.69) is 5.32 Å². The van der Waals surface area contributed by atoms with Crippen molar-refractivity contribution in [2.45, 2.75) is 17.9 Å². The van der Waals surface area contributed by atoms with Crippen LogP contribution in [0.1, 0.15) is 12.0 Å². The van der Waals surface area contributed by atoms with Crippen LogP contribution in [0.15, 0.2) is 17.0 Å². The summed E-state index contributed by atoms with van der Waals surface area (Å²) in [7, 11) is 1.60. The number of ether oxygens (including phenoxy) is 1. The lowest BCUT2D eigenvalue weighted by molar-refractivity contribution is 0.199. The minimum atomic E-state index is -0.550. The van der Waals surface area contributed by atoms with E-state index in [9.17, 15) is 8.78 Å². The summed E-state index contributed by atoms with van der Waals surface area (Å²) in [6.07, 6.45) is 0.518. The molecule has 0 amide bonds. The number of hydrogen-bond donors (Lipinski definition) is 2. The van der Waals surface area contributed by atoms with E-state index in [1.54, 1.807) is 7.11 Å². The van der Waals surface area contributed by atoms with Gasteiger partial charge in [-0.1, -0.05) is 0 Å². The molecule has 0 unspecified atom stereocenters. The maximum atomic E-state index is 13.7. The predicted molar refractivity (Wildman–Crippen MR) is 72.4 cm³/mol. The van der Waals surface area contributed by atoms with Crippen molar-refractivity contribution in [2.75, 3.05) is 32.6 Å². The molecule has 2 N–H and O–H groups in total. The average Bonchev–Trinajstić information content (AvgIpc) is 2.38. The molecule has 0 aliphatic carbocycles. The lowest BCUT2D eigenvalue weighted by Gasteiger charge is -2.08. The maximum absolute atomic E-state index is 13.7. The van der Waals surface area contributed by atoms with Gasteiger partial charge in [0.1, 0.15) is 11.6 Å². The number of thioether (sulfide) groups is 1. The molecule has 0 saturated carbocycles. The third kappa shape index (κ3) is 5.86. The molecule has 1 aromatic rings. The number of rotatable bonds is 9. The number of hydrogen-bond acceptors (Lipinski definition) is 4. The summed E-state index contributed by atoms with van der Waals surface area (Å²) >= 11 is 1.09. The number of benzene rings is 1. The van der Waals surface area contributed by atoms with Crippen LogP contribution in [0.4, 0.5) is 8.78 Å². The van der Waals surface area contributed by atoms with Gasteiger partial charge in [0.2, 0.25) is 0 Å². The number of methoxy groups -OCH3 is 1. The molecule has 0 saturated heterocycles. The third-order valence-electron chi connectivity index (χ3n) is 2.42. The molecule has 1 aromatic carbocycles. The smallest absolute Gasteiger partial charge is 0.140 e. The molecule has 0 heterocycles. The van der Waals surface area contributed by atoms with E-state index in [1.807, 2.05) is 0 Å². The molecule has 0 aliphatic rings. The van der Waals surface area contributed by atoms with Crippen LogP contribution in [0.3, 0.4) is 0 Å². The fraction of sp³-hybridized carbons (Fsp3) is 0.538. The lowest BCUT2D eigenvalue weighted by Crippen LogP contribution is -2.18. The fourth-order valence-electron chi connectivity index (χ4n) is 1.50. The van der Waals surface area contributed by atoms with Gasteiger partial charge in [-0.3, -0.25) is 0 Å². The first-order valence-electron chi connectivity index (χ1n) is 6.10. The normalized spacial score (nSPS) is 10.9. The van der Waals surface area contributed by atoms with Gasteiger partial charge >= 0.3 is 0 Å². The molecule has 0 fully saturated rings. The van der Waals surface area contributed by atoms with Gasteiger partial charge in [0.15, 0.2) is 0 Å². The second-order valence-corrected chi connectivity index (χ2v) is 5.09. The SMILES string of the molecule is COCCNCc1cc(F)c(SCCCO)c(F)c1. The van der Waals surface area contributed by atoms with Gasteiger partial charge < -0.3 is 15.2 Å². The first-order chi connectivity index (χ1) is 9.19. The predicted octanol–water partition coefficient (Wildman–Crippen LogP) is 2.18. The van der Waals surface area contributed by atoms with Crippen LogP contribution in [0.25, 0.3) is 0 Å². The Morgan fingerprint density at radius 2 is 2.00 bits per heavy atom. The van der Waals surface area contributed by atoms with Crippen LogP contribution in [-0.2, 0) is 11.3 Å². The summed E-state index contributed by atoms with van der Waals surface area (Å²) < 4.78 is 32.3. The molecule has 0 spiro atoms. The summed E-state index contributed by atoms with van der Waals surface area (Å²) in [4.78, 5) is 0.0223. The lowest BCUT2D eigenvalue weighted by atomic mass is 10.2. The van der Waals surface area contributed by atoms with Crippen molar-refractivity contribution in [2.24, 2.45) is 0 Å². The molecule has 0 atom stereocenters. The van der Waals surface area contributed by atoms with Gasteiger partial charge in [-0.05, 0) is 24.1 Å². The van der Waals surface area contributed by atoms with E-state index in [0.29, 0.717) is 37.4 Å². The van der Waals surface area contributed by atoms with Crippen LogP contribution < -0.4 is 5.32 Å². The highest BCUT2D eigenvalue weighted by Crippen LogP contribution is 2.26. The molecule has 1 rings (SSSR count). The van der Waals surface area contributed by atoms with E-state index < -0.39 is 11.6 Å². The second kappa shape index (κ2) is 9.25. The summed E-state index contributed by atoms with van der Waals surface area (Å²) in [5, 5.41) is 11.7. The largest absolute Gasteiger partial charge is 0.396 e. The van der Waals surface area contributed by atoms with Crippen LogP contribution in [-0.4, -0.2) is 37.7 Å². The Hall–Kier alpha value is -0.690. The zero-order valence-electron chi connectivity index (χ0n) is 10.9. The molecule has 0 bridgehead atoms. The van der Waals surface area contributed by atoms with Crippen molar-refractivity contribution in [1.29, 1.82) is 0 Å². The summed E-state index contributed by atoms with van der Waals surface area (Å²) in [6, 6.07) is 2.67. The molecule has 19 heavy (non-hydrogen) atoms. The Kier molecular flexibility index (Phi) is 7.97. The highest BCUT2D eigenvalue weighted by Gasteiger charge is 2.11. The van der Waals surface area contributed by atoms with Crippen LogP contribution in [0.5, 0.6) is 0 Å². The van der Waals surface area contributed by atoms with Gasteiger partial charge in [0, 0.05) is 32.6 Å². The highest BCUT2D eigenvalue weighted by molar-refractivity contribution is 7.99. The number of aliphatic hydroxyl groups is 1. The Morgan fingerprint density at radius 1 is 1.32 bits per heavy atom. The molecular weight excluding hydrogens is 272 g/mol. The molecular formula is C13H19F2NO2S. The number of nitrogens with one attached hydrogen (secondary N) is 1. The minimum Gasteiger partial charge on any atom is -0.396 e. The van der Waals surface area contributed by atoms with Crippen molar-refractivity contribution in [3.05, 3.63) is 29.3 Å². The summed E-state index contributed by atoms with van der Waals surface area (Å²) in [5.41, 5.74) is 0.567. The second-order valence-electron chi connectivity index (χ2n) is 3.98. The Balaban J connectivity index is 2.57. The van der Waals surface area contributed by atoms with E-state index in [0.717, 1.165) is 11.8 Å². The molecule has 6 heteroatoms. The Bertz CT molecular complexity index is 368. The number of halogens is 2. The van der Waals surface area contributed by atoms with E-state index in [-0.39, 0.29) is 11.5 Å². The van der Waals surface area contributed by atoms with Crippen molar-refractivity contribution in [3.63, 3.8) is 0 Å². The van der Waals surface area contributed by atoms with Gasteiger partial charge in [-0.2, -0.15) is 0 Å². The maximum Gasteiger partial charge on any atom is 0.140 e. The molecule has 108 valence electrons. The highest BCUT2D eigenvalue weighted by atomic mass is 32.2. The summed E-state index contributed by atoms with van der Waals surface area (Å²) in [6.45, 7) is 1.61. The van der Waals surface area contributed by atoms with Gasteiger partial charge in [-0.15, -0.1) is 11.8 Å². The van der Waals surface area contributed by atoms with Gasteiger partial charge in [0.25, 0.3) is 0 Å². The van der Waals surface area contributed by atoms with Gasteiger partial charge in [-0.25, -0.2) is 8.78 Å². The zero-order valence-corrected chi connectivity index (χ0v) is 11.7. The van der Waals surface area contributed by atoms with E-state index in [1.165, 1.54) is 12.1 Å². The molecule has 0 aliphatic heterocycles. The van der Waals surface area contributed by atoms with Crippen LogP contribution in [0, 0.1) is 11.6 Å². The van der Waals surface area contributed by atoms with E-state index >= 15 is 0 Å². The summed E-state index contributed by atoms with van der Waals surface area (Å²) in [5.74, 6) is -0.603. The van der Waals surface area contributed by atoms with Crippen LogP contribution in [0.2, 0.25) is 0 Å². The van der Waals surface area contributed by atoms with Crippen molar-refractivity contribution >= 4 is 11.8 Å². The Morgan fingerprint density at radius 3 is 2.58 bits per heavy atom. The first kappa shape index (κ1) is 16.4. The van der Waals surface area contributed by atoms with Crippen molar-refractivity contribution < 1.29 is 18.6 Å². The monoisotopic (exact) mass is 291 g/mol. The van der Waals surface area contributed by atoms with Crippen molar-refractivity contribution in [3.8, 4) is 0 Å². The topological polar surface area (TPSA) is 41.5 Å². The quantitative estimate of drug-likeness (QED) is 0.540. The zero-order chi connectivity index (χ0) is 14.1. The fourth-order valence-corrected chi connectivity index (χ4v) is 2.37. The average molecular weight is 291 g/mol. The first-order valence-corrected chi connectivity index (χ1v) is 7.08. The molecule has 3 nitrogen and oxygen atoms in total. The molecule has 0 aromatic heterocycles. The van der Waals surface area contributed by atoms with E-state index in [4.69, 9.17) is 9.84 Å². The molecule has 0 radical (unpaired) electrons. The number of aliphatic hydroxyl groups excluding tert-OH is 1. The van der Waals surface area contributed by atoms with Gasteiger partial charge in [0.05, 0.1) is 11.5 Å². The van der Waals surface area contributed by atoms with Crippen molar-refractivity contribution in [1.82, 2.24) is 5.32 Å². The standard InChI is InChI=1S/C13H19F2NO2S/c1-18-5-3-16-9-10-7-11(14)13(12(15)8-10)19-6-2-4-17/h7-8,16-17H,2-6,9H2,1H3. The minimum absolute atomic E-state index is 0.0223. The van der Waals surface area contributed by atoms with Crippen LogP contribution >= 0.6 is 11.8 Å². The third-order valence-corrected chi connectivity index (χ3v) is 3.59. The Labute approximate surface area is 116 Å².